The Bertz CT molecular complexity index is 519. The molecular formula is C14H19N3. The van der Waals surface area contributed by atoms with Gasteiger partial charge in [0.15, 0.2) is 5.95 Å². The van der Waals surface area contributed by atoms with Crippen molar-refractivity contribution in [3.05, 3.63) is 35.5 Å². The number of benzene rings is 1. The summed E-state index contributed by atoms with van der Waals surface area (Å²) in [5, 5.41) is 0. The number of rotatable bonds is 2. The van der Waals surface area contributed by atoms with Gasteiger partial charge in [0.1, 0.15) is 0 Å². The van der Waals surface area contributed by atoms with Gasteiger partial charge in [-0.15, -0.1) is 0 Å². The van der Waals surface area contributed by atoms with Gasteiger partial charge in [-0.1, -0.05) is 26.0 Å². The zero-order valence-electron chi connectivity index (χ0n) is 10.9. The van der Waals surface area contributed by atoms with Crippen molar-refractivity contribution in [2.24, 2.45) is 7.05 Å². The van der Waals surface area contributed by atoms with E-state index in [-0.39, 0.29) is 0 Å². The summed E-state index contributed by atoms with van der Waals surface area (Å²) < 4.78 is 1.84. The maximum absolute atomic E-state index is 5.78. The number of aromatic nitrogens is 2. The lowest BCUT2D eigenvalue weighted by Crippen LogP contribution is -1.94. The van der Waals surface area contributed by atoms with Gasteiger partial charge < -0.3 is 10.3 Å². The summed E-state index contributed by atoms with van der Waals surface area (Å²) in [6.07, 6.45) is 1.97. The molecule has 2 N–H and O–H groups in total. The molecule has 3 heteroatoms. The summed E-state index contributed by atoms with van der Waals surface area (Å²) >= 11 is 0. The second-order valence-electron chi connectivity index (χ2n) is 4.82. The van der Waals surface area contributed by atoms with E-state index in [4.69, 9.17) is 5.73 Å². The molecule has 1 aromatic heterocycles. The number of hydrogen-bond donors (Lipinski definition) is 1. The lowest BCUT2D eigenvalue weighted by Gasteiger charge is -2.09. The molecule has 0 aliphatic rings. The molecule has 0 atom stereocenters. The van der Waals surface area contributed by atoms with Crippen LogP contribution >= 0.6 is 0 Å². The van der Waals surface area contributed by atoms with E-state index in [1.807, 2.05) is 17.8 Å². The smallest absolute Gasteiger partial charge is 0.200 e. The van der Waals surface area contributed by atoms with Crippen LogP contribution in [0.3, 0.4) is 0 Å². The van der Waals surface area contributed by atoms with Crippen molar-refractivity contribution >= 4 is 5.95 Å². The first-order valence-electron chi connectivity index (χ1n) is 5.88. The average molecular weight is 229 g/mol. The van der Waals surface area contributed by atoms with Gasteiger partial charge in [-0.25, -0.2) is 4.98 Å². The molecule has 0 fully saturated rings. The number of hydrogen-bond acceptors (Lipinski definition) is 2. The van der Waals surface area contributed by atoms with Crippen LogP contribution in [-0.4, -0.2) is 9.55 Å². The fourth-order valence-corrected chi connectivity index (χ4v) is 1.89. The molecule has 0 radical (unpaired) electrons. The molecule has 3 nitrogen and oxygen atoms in total. The molecule has 1 aromatic carbocycles. The Morgan fingerprint density at radius 1 is 1.29 bits per heavy atom. The molecule has 0 spiro atoms. The normalized spacial score (nSPS) is 11.1. The number of nitrogens with two attached hydrogens (primary N) is 1. The summed E-state index contributed by atoms with van der Waals surface area (Å²) in [5.74, 6) is 1.07. The van der Waals surface area contributed by atoms with E-state index in [1.54, 1.807) is 0 Å². The van der Waals surface area contributed by atoms with Gasteiger partial charge in [-0.2, -0.15) is 0 Å². The third kappa shape index (κ3) is 2.18. The second kappa shape index (κ2) is 4.24. The molecule has 1 heterocycles. The molecule has 0 amide bonds. The third-order valence-electron chi connectivity index (χ3n) is 3.12. The highest BCUT2D eigenvalue weighted by molar-refractivity contribution is 5.65. The van der Waals surface area contributed by atoms with E-state index < -0.39 is 0 Å². The molecule has 0 saturated heterocycles. The fraction of sp³-hybridized carbons (Fsp3) is 0.357. The van der Waals surface area contributed by atoms with E-state index in [2.05, 4.69) is 44.0 Å². The van der Waals surface area contributed by atoms with Crippen LogP contribution in [0.15, 0.2) is 24.4 Å². The van der Waals surface area contributed by atoms with E-state index in [0.29, 0.717) is 11.9 Å². The quantitative estimate of drug-likeness (QED) is 0.860. The Morgan fingerprint density at radius 3 is 2.53 bits per heavy atom. The molecule has 0 aliphatic carbocycles. The summed E-state index contributed by atoms with van der Waals surface area (Å²) in [6, 6.07) is 6.53. The van der Waals surface area contributed by atoms with E-state index in [1.165, 1.54) is 16.7 Å². The summed E-state index contributed by atoms with van der Waals surface area (Å²) in [7, 11) is 1.91. The van der Waals surface area contributed by atoms with Crippen molar-refractivity contribution in [3.8, 4) is 11.3 Å². The predicted molar refractivity (Wildman–Crippen MR) is 71.9 cm³/mol. The SMILES string of the molecule is Cc1ccc(C(C)C)cc1-c1cn(C)c(N)n1. The molecule has 0 aliphatic heterocycles. The van der Waals surface area contributed by atoms with Gasteiger partial charge in [0.25, 0.3) is 0 Å². The number of nitrogens with zero attached hydrogens (tertiary/aromatic N) is 2. The van der Waals surface area contributed by atoms with E-state index in [0.717, 1.165) is 5.69 Å². The van der Waals surface area contributed by atoms with Crippen LogP contribution in [0.2, 0.25) is 0 Å². The Morgan fingerprint density at radius 2 is 2.00 bits per heavy atom. The highest BCUT2D eigenvalue weighted by atomic mass is 15.1. The van der Waals surface area contributed by atoms with Gasteiger partial charge in [0.05, 0.1) is 5.69 Å². The Labute approximate surface area is 102 Å². The maximum Gasteiger partial charge on any atom is 0.200 e. The summed E-state index contributed by atoms with van der Waals surface area (Å²) in [4.78, 5) is 4.38. The minimum absolute atomic E-state index is 0.524. The van der Waals surface area contributed by atoms with Crippen LogP contribution in [0.1, 0.15) is 30.9 Å². The first-order valence-corrected chi connectivity index (χ1v) is 5.88. The van der Waals surface area contributed by atoms with Gasteiger partial charge in [-0.3, -0.25) is 0 Å². The minimum atomic E-state index is 0.524. The van der Waals surface area contributed by atoms with Crippen molar-refractivity contribution in [1.29, 1.82) is 0 Å². The first-order chi connectivity index (χ1) is 7.99. The molecule has 2 rings (SSSR count). The third-order valence-corrected chi connectivity index (χ3v) is 3.12. The van der Waals surface area contributed by atoms with Gasteiger partial charge in [-0.05, 0) is 30.0 Å². The summed E-state index contributed by atoms with van der Waals surface area (Å²) in [6.45, 7) is 6.49. The molecule has 0 saturated carbocycles. The van der Waals surface area contributed by atoms with Crippen LogP contribution in [0.5, 0.6) is 0 Å². The number of imidazole rings is 1. The lowest BCUT2D eigenvalue weighted by atomic mass is 9.97. The van der Waals surface area contributed by atoms with Crippen LogP contribution in [0.25, 0.3) is 11.3 Å². The average Bonchev–Trinajstić information content (AvgIpc) is 2.59. The van der Waals surface area contributed by atoms with Crippen molar-refractivity contribution < 1.29 is 0 Å². The predicted octanol–water partition coefficient (Wildman–Crippen LogP) is 3.10. The van der Waals surface area contributed by atoms with Crippen molar-refractivity contribution in [2.75, 3.05) is 5.73 Å². The molecule has 2 aromatic rings. The summed E-state index contributed by atoms with van der Waals surface area (Å²) in [5.41, 5.74) is 10.5. The zero-order chi connectivity index (χ0) is 12.6. The number of anilines is 1. The Balaban J connectivity index is 2.54. The number of aryl methyl sites for hydroxylation is 2. The molecule has 0 bridgehead atoms. The van der Waals surface area contributed by atoms with E-state index >= 15 is 0 Å². The molecule has 90 valence electrons. The zero-order valence-corrected chi connectivity index (χ0v) is 10.9. The monoisotopic (exact) mass is 229 g/mol. The van der Waals surface area contributed by atoms with Gasteiger partial charge in [0, 0.05) is 18.8 Å². The topological polar surface area (TPSA) is 43.8 Å². The standard InChI is InChI=1S/C14H19N3/c1-9(2)11-6-5-10(3)12(7-11)13-8-17(4)14(15)16-13/h5-9H,1-4H3,(H2,15,16). The maximum atomic E-state index is 5.78. The van der Waals surface area contributed by atoms with Gasteiger partial charge in [0.2, 0.25) is 0 Å². The molecule has 17 heavy (non-hydrogen) atoms. The largest absolute Gasteiger partial charge is 0.369 e. The van der Waals surface area contributed by atoms with Crippen LogP contribution in [0, 0.1) is 6.92 Å². The fourth-order valence-electron chi connectivity index (χ4n) is 1.89. The molecular weight excluding hydrogens is 210 g/mol. The van der Waals surface area contributed by atoms with E-state index in [9.17, 15) is 0 Å². The first kappa shape index (κ1) is 11.7. The van der Waals surface area contributed by atoms with Crippen molar-refractivity contribution in [3.63, 3.8) is 0 Å². The van der Waals surface area contributed by atoms with Crippen LogP contribution < -0.4 is 5.73 Å². The Kier molecular flexibility index (Phi) is 2.92. The Hall–Kier alpha value is -1.77. The molecule has 0 unspecified atom stereocenters. The van der Waals surface area contributed by atoms with Crippen LogP contribution in [-0.2, 0) is 7.05 Å². The number of nitrogen functional groups attached to an aromatic ring is 1. The second-order valence-corrected chi connectivity index (χ2v) is 4.82. The lowest BCUT2D eigenvalue weighted by molar-refractivity contribution is 0.866. The van der Waals surface area contributed by atoms with Crippen molar-refractivity contribution in [2.45, 2.75) is 26.7 Å². The van der Waals surface area contributed by atoms with Crippen LogP contribution in [0.4, 0.5) is 5.95 Å². The van der Waals surface area contributed by atoms with Crippen molar-refractivity contribution in [1.82, 2.24) is 9.55 Å². The van der Waals surface area contributed by atoms with Gasteiger partial charge >= 0.3 is 0 Å². The highest BCUT2D eigenvalue weighted by Gasteiger charge is 2.09. The highest BCUT2D eigenvalue weighted by Crippen LogP contribution is 2.27. The minimum Gasteiger partial charge on any atom is -0.369 e.